The molecule has 1 fully saturated rings. The van der Waals surface area contributed by atoms with Crippen molar-refractivity contribution in [3.8, 4) is 0 Å². The Morgan fingerprint density at radius 2 is 1.74 bits per heavy atom. The quantitative estimate of drug-likeness (QED) is 0.562. The lowest BCUT2D eigenvalue weighted by Crippen LogP contribution is -2.33. The summed E-state index contributed by atoms with van der Waals surface area (Å²) in [6, 6.07) is 0. The van der Waals surface area contributed by atoms with Crippen molar-refractivity contribution in [2.75, 3.05) is 13.6 Å². The molecule has 1 rings (SSSR count). The van der Waals surface area contributed by atoms with Gasteiger partial charge in [0.2, 0.25) is 0 Å². The maximum atomic E-state index is 3.42. The summed E-state index contributed by atoms with van der Waals surface area (Å²) in [7, 11) is 2.12. The number of unbranched alkanes of at least 4 members (excludes halogenated alkanes) is 4. The molecule has 3 unspecified atom stereocenters. The minimum atomic E-state index is 0.887. The van der Waals surface area contributed by atoms with E-state index in [2.05, 4.69) is 33.1 Å². The minimum Gasteiger partial charge on any atom is -0.319 e. The van der Waals surface area contributed by atoms with Crippen molar-refractivity contribution in [3.63, 3.8) is 0 Å². The van der Waals surface area contributed by atoms with E-state index in [0.29, 0.717) is 0 Å². The van der Waals surface area contributed by atoms with Gasteiger partial charge < -0.3 is 5.32 Å². The topological polar surface area (TPSA) is 12.0 Å². The SMILES string of the molecule is CCCCCCCC1CC(C(C)C)CCC1CNC. The van der Waals surface area contributed by atoms with Gasteiger partial charge in [0.25, 0.3) is 0 Å². The Kier molecular flexibility index (Phi) is 8.77. The smallest absolute Gasteiger partial charge is 0.00209 e. The highest BCUT2D eigenvalue weighted by molar-refractivity contribution is 4.82. The fourth-order valence-electron chi connectivity index (χ4n) is 3.86. The standard InChI is InChI=1S/C18H37N/c1-5-6-7-8-9-10-17-13-16(15(2)3)11-12-18(17)14-19-4/h15-19H,5-14H2,1-4H3. The van der Waals surface area contributed by atoms with Gasteiger partial charge in [-0.3, -0.25) is 0 Å². The van der Waals surface area contributed by atoms with Gasteiger partial charge in [0.15, 0.2) is 0 Å². The number of rotatable bonds is 9. The zero-order chi connectivity index (χ0) is 14.1. The first kappa shape index (κ1) is 17.0. The highest BCUT2D eigenvalue weighted by Crippen LogP contribution is 2.39. The molecule has 0 aliphatic heterocycles. The molecule has 1 aliphatic carbocycles. The third kappa shape index (κ3) is 6.29. The van der Waals surface area contributed by atoms with E-state index in [1.54, 1.807) is 0 Å². The molecule has 1 N–H and O–H groups in total. The third-order valence-corrected chi connectivity index (χ3v) is 5.27. The van der Waals surface area contributed by atoms with E-state index in [0.717, 1.165) is 23.7 Å². The van der Waals surface area contributed by atoms with Crippen LogP contribution in [-0.4, -0.2) is 13.6 Å². The van der Waals surface area contributed by atoms with E-state index in [9.17, 15) is 0 Å². The fourth-order valence-corrected chi connectivity index (χ4v) is 3.86. The molecule has 1 nitrogen and oxygen atoms in total. The Balaban J connectivity index is 2.34. The Hall–Kier alpha value is -0.0400. The molecule has 0 saturated heterocycles. The molecule has 19 heavy (non-hydrogen) atoms. The maximum Gasteiger partial charge on any atom is -0.00209 e. The molecule has 0 bridgehead atoms. The van der Waals surface area contributed by atoms with E-state index in [4.69, 9.17) is 0 Å². The molecular formula is C18H37N. The summed E-state index contributed by atoms with van der Waals surface area (Å²) in [6.07, 6.45) is 13.1. The number of hydrogen-bond acceptors (Lipinski definition) is 1. The minimum absolute atomic E-state index is 0.887. The van der Waals surface area contributed by atoms with Gasteiger partial charge in [-0.2, -0.15) is 0 Å². The average molecular weight is 268 g/mol. The van der Waals surface area contributed by atoms with Crippen molar-refractivity contribution in [2.45, 2.75) is 78.6 Å². The summed E-state index contributed by atoms with van der Waals surface area (Å²) in [6.45, 7) is 8.38. The zero-order valence-corrected chi connectivity index (χ0v) is 13.9. The maximum absolute atomic E-state index is 3.42. The van der Waals surface area contributed by atoms with E-state index < -0.39 is 0 Å². The van der Waals surface area contributed by atoms with Crippen LogP contribution < -0.4 is 5.32 Å². The van der Waals surface area contributed by atoms with Crippen molar-refractivity contribution in [2.24, 2.45) is 23.7 Å². The van der Waals surface area contributed by atoms with Gasteiger partial charge in [0, 0.05) is 0 Å². The lowest BCUT2D eigenvalue weighted by molar-refractivity contribution is 0.137. The van der Waals surface area contributed by atoms with Crippen molar-refractivity contribution in [1.29, 1.82) is 0 Å². The number of hydrogen-bond donors (Lipinski definition) is 1. The molecular weight excluding hydrogens is 230 g/mol. The van der Waals surface area contributed by atoms with E-state index in [1.165, 1.54) is 64.3 Å². The molecule has 3 atom stereocenters. The predicted molar refractivity (Wildman–Crippen MR) is 86.5 cm³/mol. The molecule has 0 spiro atoms. The van der Waals surface area contributed by atoms with E-state index in [1.807, 2.05) is 0 Å². The van der Waals surface area contributed by atoms with Gasteiger partial charge in [-0.05, 0) is 56.5 Å². The Bertz CT molecular complexity index is 212. The van der Waals surface area contributed by atoms with Crippen molar-refractivity contribution < 1.29 is 0 Å². The van der Waals surface area contributed by atoms with Crippen LogP contribution in [0.1, 0.15) is 78.6 Å². The van der Waals surface area contributed by atoms with Crippen LogP contribution in [0.25, 0.3) is 0 Å². The fraction of sp³-hybridized carbons (Fsp3) is 1.00. The summed E-state index contributed by atoms with van der Waals surface area (Å²) in [5.74, 6) is 3.83. The number of nitrogens with one attached hydrogen (secondary N) is 1. The van der Waals surface area contributed by atoms with Crippen LogP contribution in [-0.2, 0) is 0 Å². The second-order valence-corrected chi connectivity index (χ2v) is 7.10. The molecule has 1 saturated carbocycles. The predicted octanol–water partition coefficient (Wildman–Crippen LogP) is 5.25. The highest BCUT2D eigenvalue weighted by Gasteiger charge is 2.30. The van der Waals surface area contributed by atoms with Gasteiger partial charge >= 0.3 is 0 Å². The molecule has 0 aromatic rings. The first-order valence-electron chi connectivity index (χ1n) is 8.83. The summed E-state index contributed by atoms with van der Waals surface area (Å²) in [5, 5.41) is 3.42. The van der Waals surface area contributed by atoms with Gasteiger partial charge in [-0.1, -0.05) is 59.3 Å². The van der Waals surface area contributed by atoms with Crippen molar-refractivity contribution in [1.82, 2.24) is 5.32 Å². The van der Waals surface area contributed by atoms with Gasteiger partial charge in [-0.25, -0.2) is 0 Å². The largest absolute Gasteiger partial charge is 0.319 e. The second-order valence-electron chi connectivity index (χ2n) is 7.10. The van der Waals surface area contributed by atoms with Crippen LogP contribution in [0.4, 0.5) is 0 Å². The van der Waals surface area contributed by atoms with E-state index in [-0.39, 0.29) is 0 Å². The van der Waals surface area contributed by atoms with Crippen molar-refractivity contribution >= 4 is 0 Å². The summed E-state index contributed by atoms with van der Waals surface area (Å²) in [5.41, 5.74) is 0. The molecule has 0 aromatic carbocycles. The lowest BCUT2D eigenvalue weighted by atomic mass is 9.69. The molecule has 1 heteroatoms. The molecule has 0 radical (unpaired) electrons. The molecule has 0 heterocycles. The van der Waals surface area contributed by atoms with Crippen LogP contribution in [0, 0.1) is 23.7 Å². The van der Waals surface area contributed by atoms with Crippen LogP contribution in [0.15, 0.2) is 0 Å². The highest BCUT2D eigenvalue weighted by atomic mass is 14.8. The van der Waals surface area contributed by atoms with Crippen LogP contribution in [0.5, 0.6) is 0 Å². The summed E-state index contributed by atoms with van der Waals surface area (Å²) >= 11 is 0. The zero-order valence-electron chi connectivity index (χ0n) is 13.9. The van der Waals surface area contributed by atoms with Crippen LogP contribution in [0.2, 0.25) is 0 Å². The summed E-state index contributed by atoms with van der Waals surface area (Å²) in [4.78, 5) is 0. The average Bonchev–Trinajstić information content (AvgIpc) is 2.40. The monoisotopic (exact) mass is 267 g/mol. The van der Waals surface area contributed by atoms with Gasteiger partial charge in [0.05, 0.1) is 0 Å². The van der Waals surface area contributed by atoms with Gasteiger partial charge in [-0.15, -0.1) is 0 Å². The molecule has 0 amide bonds. The molecule has 0 aromatic heterocycles. The third-order valence-electron chi connectivity index (χ3n) is 5.27. The van der Waals surface area contributed by atoms with Crippen molar-refractivity contribution in [3.05, 3.63) is 0 Å². The Morgan fingerprint density at radius 3 is 2.37 bits per heavy atom. The van der Waals surface area contributed by atoms with E-state index >= 15 is 0 Å². The first-order chi connectivity index (χ1) is 9.19. The van der Waals surface area contributed by atoms with Crippen LogP contribution >= 0.6 is 0 Å². The second kappa shape index (κ2) is 9.80. The molecule has 114 valence electrons. The lowest BCUT2D eigenvalue weighted by Gasteiger charge is -2.38. The summed E-state index contributed by atoms with van der Waals surface area (Å²) < 4.78 is 0. The Morgan fingerprint density at radius 1 is 1.00 bits per heavy atom. The molecule has 1 aliphatic rings. The van der Waals surface area contributed by atoms with Crippen LogP contribution in [0.3, 0.4) is 0 Å². The van der Waals surface area contributed by atoms with Gasteiger partial charge in [0.1, 0.15) is 0 Å². The normalized spacial score (nSPS) is 27.9. The Labute approximate surface area is 121 Å². The first-order valence-corrected chi connectivity index (χ1v) is 8.83.